The molecule has 7 heteroatoms. The second kappa shape index (κ2) is 4.69. The number of thiazole rings is 1. The zero-order valence-electron chi connectivity index (χ0n) is 9.66. The highest BCUT2D eigenvalue weighted by Gasteiger charge is 2.09. The van der Waals surface area contributed by atoms with Crippen LogP contribution in [0.4, 0.5) is 5.82 Å². The van der Waals surface area contributed by atoms with E-state index in [1.807, 2.05) is 6.07 Å². The van der Waals surface area contributed by atoms with Gasteiger partial charge < -0.3 is 14.8 Å². The molecule has 0 unspecified atom stereocenters. The first-order chi connectivity index (χ1) is 9.24. The molecule has 0 spiro atoms. The van der Waals surface area contributed by atoms with E-state index in [0.29, 0.717) is 17.4 Å². The van der Waals surface area contributed by atoms with E-state index in [2.05, 4.69) is 15.3 Å². The molecule has 96 valence electrons. The third-order valence-corrected chi connectivity index (χ3v) is 3.41. The summed E-state index contributed by atoms with van der Waals surface area (Å²) in [6, 6.07) is 3.61. The Morgan fingerprint density at radius 1 is 1.47 bits per heavy atom. The van der Waals surface area contributed by atoms with Crippen LogP contribution in [0.25, 0.3) is 11.0 Å². The van der Waals surface area contributed by atoms with E-state index >= 15 is 0 Å². The van der Waals surface area contributed by atoms with E-state index in [0.717, 1.165) is 11.0 Å². The van der Waals surface area contributed by atoms with Crippen molar-refractivity contribution in [3.05, 3.63) is 40.7 Å². The van der Waals surface area contributed by atoms with Gasteiger partial charge in [0.2, 0.25) is 0 Å². The van der Waals surface area contributed by atoms with E-state index in [1.54, 1.807) is 18.5 Å². The van der Waals surface area contributed by atoms with Gasteiger partial charge in [0, 0.05) is 11.6 Å². The highest BCUT2D eigenvalue weighted by atomic mass is 32.1. The van der Waals surface area contributed by atoms with Crippen molar-refractivity contribution in [1.29, 1.82) is 0 Å². The first-order valence-corrected chi connectivity index (χ1v) is 6.36. The molecule has 0 atom stereocenters. The summed E-state index contributed by atoms with van der Waals surface area (Å²) in [6.07, 6.45) is 3.25. The number of furan rings is 1. The van der Waals surface area contributed by atoms with Gasteiger partial charge in [0.25, 0.3) is 0 Å². The minimum absolute atomic E-state index is 0.0660. The van der Waals surface area contributed by atoms with E-state index < -0.39 is 5.97 Å². The summed E-state index contributed by atoms with van der Waals surface area (Å²) in [5.74, 6) is -0.323. The third kappa shape index (κ3) is 2.27. The fraction of sp³-hybridized carbons (Fsp3) is 0.0833. The van der Waals surface area contributed by atoms with Gasteiger partial charge >= 0.3 is 5.97 Å². The number of pyridine rings is 1. The van der Waals surface area contributed by atoms with E-state index in [1.165, 1.54) is 16.7 Å². The maximum absolute atomic E-state index is 10.7. The minimum atomic E-state index is -1.02. The number of aromatic nitrogens is 2. The highest BCUT2D eigenvalue weighted by molar-refractivity contribution is 7.09. The van der Waals surface area contributed by atoms with Crippen molar-refractivity contribution < 1.29 is 14.3 Å². The molecular weight excluding hydrogens is 266 g/mol. The first-order valence-electron chi connectivity index (χ1n) is 5.48. The predicted octanol–water partition coefficient (Wildman–Crippen LogP) is 2.59. The number of nitrogens with one attached hydrogen (secondary N) is 1. The Hall–Kier alpha value is -2.41. The number of aromatic carboxylic acids is 1. The van der Waals surface area contributed by atoms with Crippen LogP contribution >= 0.6 is 11.3 Å². The number of nitrogens with zero attached hydrogens (tertiary/aromatic N) is 2. The average molecular weight is 275 g/mol. The van der Waals surface area contributed by atoms with Crippen LogP contribution in [0.1, 0.15) is 15.5 Å². The van der Waals surface area contributed by atoms with Crippen molar-refractivity contribution in [3.63, 3.8) is 0 Å². The molecule has 2 N–H and O–H groups in total. The van der Waals surface area contributed by atoms with Gasteiger partial charge in [-0.1, -0.05) is 0 Å². The zero-order chi connectivity index (χ0) is 13.2. The Kier molecular flexibility index (Phi) is 2.88. The van der Waals surface area contributed by atoms with Gasteiger partial charge in [0.1, 0.15) is 16.4 Å². The molecule has 0 saturated carbocycles. The first kappa shape index (κ1) is 11.7. The van der Waals surface area contributed by atoms with Gasteiger partial charge in [-0.2, -0.15) is 0 Å². The quantitative estimate of drug-likeness (QED) is 0.760. The standard InChI is InChI=1S/C12H9N3O3S/c16-12(17)8-6-19-10(15-8)5-14-11-7-2-4-18-9(7)1-3-13-11/h1-4,6H,5H2,(H,13,14)(H,16,17). The summed E-state index contributed by atoms with van der Waals surface area (Å²) in [7, 11) is 0. The molecule has 0 aliphatic rings. The molecule has 0 radical (unpaired) electrons. The Balaban J connectivity index is 1.78. The molecule has 0 amide bonds. The maximum atomic E-state index is 10.7. The van der Waals surface area contributed by atoms with Gasteiger partial charge in [0.05, 0.1) is 18.2 Å². The van der Waals surface area contributed by atoms with Gasteiger partial charge in [-0.3, -0.25) is 0 Å². The number of fused-ring (bicyclic) bond motifs is 1. The molecule has 0 saturated heterocycles. The number of anilines is 1. The van der Waals surface area contributed by atoms with Crippen LogP contribution in [0.3, 0.4) is 0 Å². The molecule has 3 rings (SSSR count). The zero-order valence-corrected chi connectivity index (χ0v) is 10.5. The van der Waals surface area contributed by atoms with Crippen LogP contribution in [0.15, 0.2) is 34.4 Å². The Bertz CT molecular complexity index is 734. The number of rotatable bonds is 4. The topological polar surface area (TPSA) is 88.2 Å². The summed E-state index contributed by atoms with van der Waals surface area (Å²) in [5, 5.41) is 15.0. The lowest BCUT2D eigenvalue weighted by molar-refractivity contribution is 0.0691. The monoisotopic (exact) mass is 275 g/mol. The van der Waals surface area contributed by atoms with Crippen molar-refractivity contribution in [2.45, 2.75) is 6.54 Å². The summed E-state index contributed by atoms with van der Waals surface area (Å²) in [5.41, 5.74) is 0.819. The van der Waals surface area contributed by atoms with Crippen LogP contribution in [-0.4, -0.2) is 21.0 Å². The van der Waals surface area contributed by atoms with Crippen molar-refractivity contribution in [1.82, 2.24) is 9.97 Å². The number of hydrogen-bond acceptors (Lipinski definition) is 6. The normalized spacial score (nSPS) is 10.7. The molecule has 0 fully saturated rings. The Morgan fingerprint density at radius 3 is 3.16 bits per heavy atom. The van der Waals surface area contributed by atoms with Gasteiger partial charge in [-0.05, 0) is 12.1 Å². The van der Waals surface area contributed by atoms with Gasteiger partial charge in [0.15, 0.2) is 5.69 Å². The number of carbonyl (C=O) groups is 1. The predicted molar refractivity (Wildman–Crippen MR) is 70.4 cm³/mol. The van der Waals surface area contributed by atoms with E-state index in [9.17, 15) is 4.79 Å². The van der Waals surface area contributed by atoms with Crippen molar-refractivity contribution in [3.8, 4) is 0 Å². The SMILES string of the molecule is O=C(O)c1csc(CNc2nccc3occc23)n1. The molecule has 19 heavy (non-hydrogen) atoms. The number of hydrogen-bond donors (Lipinski definition) is 2. The molecule has 6 nitrogen and oxygen atoms in total. The lowest BCUT2D eigenvalue weighted by Gasteiger charge is -2.03. The van der Waals surface area contributed by atoms with Gasteiger partial charge in [-0.25, -0.2) is 14.8 Å². The molecule has 0 aliphatic heterocycles. The van der Waals surface area contributed by atoms with Crippen molar-refractivity contribution in [2.24, 2.45) is 0 Å². The van der Waals surface area contributed by atoms with Crippen LogP contribution in [0.5, 0.6) is 0 Å². The molecule has 3 aromatic heterocycles. The second-order valence-corrected chi connectivity index (χ2v) is 4.72. The third-order valence-electron chi connectivity index (χ3n) is 2.56. The average Bonchev–Trinajstić information content (AvgIpc) is 3.05. The van der Waals surface area contributed by atoms with Gasteiger partial charge in [-0.15, -0.1) is 11.3 Å². The molecule has 3 aromatic rings. The molecule has 3 heterocycles. The minimum Gasteiger partial charge on any atom is -0.476 e. The summed E-state index contributed by atoms with van der Waals surface area (Å²) in [6.45, 7) is 0.426. The fourth-order valence-corrected chi connectivity index (χ4v) is 2.39. The fourth-order valence-electron chi connectivity index (χ4n) is 1.69. The van der Waals surface area contributed by atoms with Crippen molar-refractivity contribution >= 4 is 34.1 Å². The van der Waals surface area contributed by atoms with Crippen LogP contribution in [-0.2, 0) is 6.54 Å². The van der Waals surface area contributed by atoms with Crippen LogP contribution in [0, 0.1) is 0 Å². The largest absolute Gasteiger partial charge is 0.476 e. The molecular formula is C12H9N3O3S. The summed E-state index contributed by atoms with van der Waals surface area (Å²) < 4.78 is 5.28. The van der Waals surface area contributed by atoms with E-state index in [-0.39, 0.29) is 5.69 Å². The number of carboxylic acid groups (broad SMARTS) is 1. The Morgan fingerprint density at radius 2 is 2.37 bits per heavy atom. The summed E-state index contributed by atoms with van der Waals surface area (Å²) >= 11 is 1.30. The van der Waals surface area contributed by atoms with Crippen molar-refractivity contribution in [2.75, 3.05) is 5.32 Å². The van der Waals surface area contributed by atoms with E-state index in [4.69, 9.17) is 9.52 Å². The maximum Gasteiger partial charge on any atom is 0.355 e. The molecule has 0 aliphatic carbocycles. The smallest absolute Gasteiger partial charge is 0.355 e. The number of carboxylic acids is 1. The van der Waals surface area contributed by atoms with Crippen LogP contribution in [0.2, 0.25) is 0 Å². The second-order valence-electron chi connectivity index (χ2n) is 3.78. The van der Waals surface area contributed by atoms with Crippen LogP contribution < -0.4 is 5.32 Å². The Labute approximate surface area is 111 Å². The lowest BCUT2D eigenvalue weighted by atomic mass is 10.3. The lowest BCUT2D eigenvalue weighted by Crippen LogP contribution is -2.02. The summed E-state index contributed by atoms with van der Waals surface area (Å²) in [4.78, 5) is 19.0. The molecule has 0 bridgehead atoms. The molecule has 0 aromatic carbocycles. The highest BCUT2D eigenvalue weighted by Crippen LogP contribution is 2.22.